The first kappa shape index (κ1) is 14.2. The molecule has 1 saturated carbocycles. The van der Waals surface area contributed by atoms with E-state index in [-0.39, 0.29) is 11.9 Å². The Kier molecular flexibility index (Phi) is 5.05. The molecule has 1 aliphatic rings. The van der Waals surface area contributed by atoms with E-state index in [1.807, 2.05) is 19.1 Å². The van der Waals surface area contributed by atoms with Crippen molar-refractivity contribution in [2.24, 2.45) is 0 Å². The predicted octanol–water partition coefficient (Wildman–Crippen LogP) is 2.18. The molecule has 2 unspecified atom stereocenters. The van der Waals surface area contributed by atoms with Gasteiger partial charge in [0, 0.05) is 18.2 Å². The standard InChI is InChI=1S/C15H23NO3/c1-2-19-14-8-3-5-11(15(14)18)10-16-12-6-4-7-13(17)9-12/h3,5,8,12-13,16-18H,2,4,6-7,9-10H2,1H3. The largest absolute Gasteiger partial charge is 0.504 e. The molecule has 3 N–H and O–H groups in total. The highest BCUT2D eigenvalue weighted by molar-refractivity contribution is 5.45. The summed E-state index contributed by atoms with van der Waals surface area (Å²) >= 11 is 0. The molecule has 1 aromatic carbocycles. The molecule has 0 saturated heterocycles. The number of ether oxygens (including phenoxy) is 1. The number of hydrogen-bond donors (Lipinski definition) is 3. The van der Waals surface area contributed by atoms with Gasteiger partial charge in [0.2, 0.25) is 0 Å². The average molecular weight is 265 g/mol. The number of rotatable bonds is 5. The first-order valence-electron chi connectivity index (χ1n) is 7.05. The quantitative estimate of drug-likeness (QED) is 0.763. The molecule has 0 bridgehead atoms. The molecule has 0 radical (unpaired) electrons. The van der Waals surface area contributed by atoms with Gasteiger partial charge in [-0.1, -0.05) is 12.1 Å². The van der Waals surface area contributed by atoms with Gasteiger partial charge in [-0.2, -0.15) is 0 Å². The van der Waals surface area contributed by atoms with Gasteiger partial charge < -0.3 is 20.3 Å². The van der Waals surface area contributed by atoms with Crippen molar-refractivity contribution in [1.82, 2.24) is 5.32 Å². The Bertz CT molecular complexity index is 408. The molecule has 2 atom stereocenters. The second-order valence-corrected chi connectivity index (χ2v) is 5.10. The van der Waals surface area contributed by atoms with Crippen molar-refractivity contribution in [1.29, 1.82) is 0 Å². The van der Waals surface area contributed by atoms with E-state index in [0.29, 0.717) is 24.9 Å². The highest BCUT2D eigenvalue weighted by atomic mass is 16.5. The Morgan fingerprint density at radius 2 is 2.21 bits per heavy atom. The molecular weight excluding hydrogens is 242 g/mol. The van der Waals surface area contributed by atoms with E-state index in [4.69, 9.17) is 4.74 Å². The maximum atomic E-state index is 10.1. The van der Waals surface area contributed by atoms with Crippen LogP contribution in [0.4, 0.5) is 0 Å². The van der Waals surface area contributed by atoms with Crippen molar-refractivity contribution < 1.29 is 14.9 Å². The zero-order valence-electron chi connectivity index (χ0n) is 11.4. The summed E-state index contributed by atoms with van der Waals surface area (Å²) in [5, 5.41) is 23.1. The number of benzene rings is 1. The second-order valence-electron chi connectivity index (χ2n) is 5.10. The van der Waals surface area contributed by atoms with Crippen LogP contribution in [-0.4, -0.2) is 29.0 Å². The number of para-hydroxylation sites is 1. The Labute approximate surface area is 114 Å². The van der Waals surface area contributed by atoms with Crippen LogP contribution < -0.4 is 10.1 Å². The summed E-state index contributed by atoms with van der Waals surface area (Å²) in [6.45, 7) is 3.04. The Hall–Kier alpha value is -1.26. The molecule has 0 aromatic heterocycles. The van der Waals surface area contributed by atoms with Crippen LogP contribution in [0, 0.1) is 0 Å². The van der Waals surface area contributed by atoms with Gasteiger partial charge in [-0.25, -0.2) is 0 Å². The number of phenolic OH excluding ortho intramolecular Hbond substituents is 1. The average Bonchev–Trinajstić information content (AvgIpc) is 2.40. The van der Waals surface area contributed by atoms with E-state index in [1.165, 1.54) is 0 Å². The van der Waals surface area contributed by atoms with Crippen LogP contribution in [0.3, 0.4) is 0 Å². The lowest BCUT2D eigenvalue weighted by atomic mass is 9.93. The Balaban J connectivity index is 1.93. The van der Waals surface area contributed by atoms with Crippen LogP contribution in [0.25, 0.3) is 0 Å². The summed E-state index contributed by atoms with van der Waals surface area (Å²) in [5.74, 6) is 0.749. The molecule has 1 aliphatic carbocycles. The topological polar surface area (TPSA) is 61.7 Å². The Morgan fingerprint density at radius 3 is 2.95 bits per heavy atom. The van der Waals surface area contributed by atoms with Gasteiger partial charge in [0.05, 0.1) is 12.7 Å². The van der Waals surface area contributed by atoms with Crippen LogP contribution in [0.15, 0.2) is 18.2 Å². The second kappa shape index (κ2) is 6.78. The summed E-state index contributed by atoms with van der Waals surface area (Å²) in [4.78, 5) is 0. The molecule has 19 heavy (non-hydrogen) atoms. The molecule has 0 aliphatic heterocycles. The lowest BCUT2D eigenvalue weighted by Crippen LogP contribution is -2.35. The number of nitrogens with one attached hydrogen (secondary N) is 1. The van der Waals surface area contributed by atoms with E-state index in [0.717, 1.165) is 31.2 Å². The normalized spacial score (nSPS) is 23.3. The summed E-state index contributed by atoms with van der Waals surface area (Å²) in [6.07, 6.45) is 3.66. The van der Waals surface area contributed by atoms with Crippen molar-refractivity contribution in [2.75, 3.05) is 6.61 Å². The minimum atomic E-state index is -0.186. The fraction of sp³-hybridized carbons (Fsp3) is 0.600. The van der Waals surface area contributed by atoms with Gasteiger partial charge >= 0.3 is 0 Å². The molecule has 106 valence electrons. The van der Waals surface area contributed by atoms with Gasteiger partial charge in [0.1, 0.15) is 0 Å². The van der Waals surface area contributed by atoms with E-state index in [1.54, 1.807) is 6.07 Å². The SMILES string of the molecule is CCOc1cccc(CNC2CCCC(O)C2)c1O. The smallest absolute Gasteiger partial charge is 0.162 e. The molecule has 1 fully saturated rings. The highest BCUT2D eigenvalue weighted by Gasteiger charge is 2.20. The fourth-order valence-electron chi connectivity index (χ4n) is 2.59. The summed E-state index contributed by atoms with van der Waals surface area (Å²) in [6, 6.07) is 5.88. The lowest BCUT2D eigenvalue weighted by Gasteiger charge is -2.27. The van der Waals surface area contributed by atoms with Crippen molar-refractivity contribution >= 4 is 0 Å². The predicted molar refractivity (Wildman–Crippen MR) is 74.4 cm³/mol. The van der Waals surface area contributed by atoms with Gasteiger partial charge in [0.15, 0.2) is 11.5 Å². The number of phenols is 1. The van der Waals surface area contributed by atoms with E-state index < -0.39 is 0 Å². The summed E-state index contributed by atoms with van der Waals surface area (Å²) < 4.78 is 5.37. The van der Waals surface area contributed by atoms with Crippen LogP contribution in [0.2, 0.25) is 0 Å². The van der Waals surface area contributed by atoms with E-state index >= 15 is 0 Å². The van der Waals surface area contributed by atoms with Gasteiger partial charge in [-0.15, -0.1) is 0 Å². The van der Waals surface area contributed by atoms with Crippen molar-refractivity contribution in [3.63, 3.8) is 0 Å². The third-order valence-corrected chi connectivity index (χ3v) is 3.61. The third kappa shape index (κ3) is 3.85. The molecule has 0 heterocycles. The molecule has 0 spiro atoms. The molecule has 4 nitrogen and oxygen atoms in total. The third-order valence-electron chi connectivity index (χ3n) is 3.61. The fourth-order valence-corrected chi connectivity index (χ4v) is 2.59. The molecule has 4 heteroatoms. The Morgan fingerprint density at radius 1 is 1.37 bits per heavy atom. The van der Waals surface area contributed by atoms with Gasteiger partial charge in [0.25, 0.3) is 0 Å². The minimum Gasteiger partial charge on any atom is -0.504 e. The van der Waals surface area contributed by atoms with E-state index in [9.17, 15) is 10.2 Å². The number of aliphatic hydroxyl groups is 1. The van der Waals surface area contributed by atoms with Crippen LogP contribution in [0.1, 0.15) is 38.2 Å². The first-order chi connectivity index (χ1) is 9.20. The maximum Gasteiger partial charge on any atom is 0.162 e. The first-order valence-corrected chi connectivity index (χ1v) is 7.05. The number of aliphatic hydroxyl groups excluding tert-OH is 1. The monoisotopic (exact) mass is 265 g/mol. The zero-order valence-corrected chi connectivity index (χ0v) is 11.4. The van der Waals surface area contributed by atoms with Gasteiger partial charge in [-0.3, -0.25) is 0 Å². The highest BCUT2D eigenvalue weighted by Crippen LogP contribution is 2.30. The molecule has 1 aromatic rings. The lowest BCUT2D eigenvalue weighted by molar-refractivity contribution is 0.111. The van der Waals surface area contributed by atoms with Crippen molar-refractivity contribution in [3.8, 4) is 11.5 Å². The van der Waals surface area contributed by atoms with Crippen LogP contribution in [-0.2, 0) is 6.54 Å². The molecular formula is C15H23NO3. The van der Waals surface area contributed by atoms with E-state index in [2.05, 4.69) is 5.32 Å². The molecule has 2 rings (SSSR count). The van der Waals surface area contributed by atoms with Crippen LogP contribution in [0.5, 0.6) is 11.5 Å². The van der Waals surface area contributed by atoms with Crippen molar-refractivity contribution in [2.45, 2.75) is 51.3 Å². The maximum absolute atomic E-state index is 10.1. The minimum absolute atomic E-state index is 0.186. The number of hydrogen-bond acceptors (Lipinski definition) is 4. The van der Waals surface area contributed by atoms with Gasteiger partial charge in [-0.05, 0) is 38.7 Å². The zero-order chi connectivity index (χ0) is 13.7. The number of aromatic hydroxyl groups is 1. The summed E-state index contributed by atoms with van der Waals surface area (Å²) in [5.41, 5.74) is 0.839. The van der Waals surface area contributed by atoms with Crippen LogP contribution >= 0.6 is 0 Å². The summed E-state index contributed by atoms with van der Waals surface area (Å²) in [7, 11) is 0. The van der Waals surface area contributed by atoms with Crippen molar-refractivity contribution in [3.05, 3.63) is 23.8 Å². The molecule has 0 amide bonds.